The van der Waals surface area contributed by atoms with Crippen LogP contribution in [0.3, 0.4) is 0 Å². The van der Waals surface area contributed by atoms with Crippen LogP contribution in [0, 0.1) is 5.41 Å². The van der Waals surface area contributed by atoms with Gasteiger partial charge in [0.2, 0.25) is 0 Å². The van der Waals surface area contributed by atoms with Crippen molar-refractivity contribution in [2.75, 3.05) is 6.61 Å². The van der Waals surface area contributed by atoms with Crippen molar-refractivity contribution in [3.8, 4) is 0 Å². The van der Waals surface area contributed by atoms with Gasteiger partial charge in [-0.15, -0.1) is 0 Å². The number of amides is 1. The molecule has 1 saturated carbocycles. The van der Waals surface area contributed by atoms with Crippen molar-refractivity contribution in [3.05, 3.63) is 0 Å². The molecule has 0 aromatic carbocycles. The van der Waals surface area contributed by atoms with Gasteiger partial charge in [0.25, 0.3) is 0 Å². The molecule has 0 radical (unpaired) electrons. The molecule has 1 amide bonds. The summed E-state index contributed by atoms with van der Waals surface area (Å²) in [6, 6.07) is 0.157. The van der Waals surface area contributed by atoms with Crippen molar-refractivity contribution >= 4 is 6.09 Å². The van der Waals surface area contributed by atoms with Gasteiger partial charge in [-0.2, -0.15) is 0 Å². The minimum Gasteiger partial charge on any atom is -0.449 e. The normalized spacial score (nSPS) is 19.0. The first-order chi connectivity index (χ1) is 5.52. The lowest BCUT2D eigenvalue weighted by Crippen LogP contribution is -2.31. The van der Waals surface area contributed by atoms with Crippen LogP contribution in [0.2, 0.25) is 0 Å². The monoisotopic (exact) mass is 171 g/mol. The molecule has 0 bridgehead atoms. The minimum absolute atomic E-state index is 0.157. The van der Waals surface area contributed by atoms with E-state index in [9.17, 15) is 4.79 Å². The van der Waals surface area contributed by atoms with Crippen molar-refractivity contribution < 1.29 is 9.53 Å². The zero-order valence-corrected chi connectivity index (χ0v) is 8.02. The number of carbonyl (C=O) groups is 1. The number of alkyl carbamates (subject to hydrolysis) is 1. The number of hydrogen-bond donors (Lipinski definition) is 1. The van der Waals surface area contributed by atoms with Gasteiger partial charge in [-0.3, -0.25) is 0 Å². The van der Waals surface area contributed by atoms with Gasteiger partial charge in [-0.1, -0.05) is 6.92 Å². The fraction of sp³-hybridized carbons (Fsp3) is 0.889. The number of carbonyl (C=O) groups excluding carboxylic acids is 1. The van der Waals surface area contributed by atoms with Crippen molar-refractivity contribution in [2.24, 2.45) is 5.41 Å². The molecule has 0 atom stereocenters. The Labute approximate surface area is 73.5 Å². The van der Waals surface area contributed by atoms with Crippen LogP contribution in [0.4, 0.5) is 4.79 Å². The van der Waals surface area contributed by atoms with Crippen LogP contribution in [0.15, 0.2) is 0 Å². The summed E-state index contributed by atoms with van der Waals surface area (Å²) in [7, 11) is 0. The molecule has 3 nitrogen and oxygen atoms in total. The average Bonchev–Trinajstić information content (AvgIpc) is 2.64. The van der Waals surface area contributed by atoms with E-state index in [0.29, 0.717) is 6.61 Å². The Hall–Kier alpha value is -0.730. The number of ether oxygens (including phenoxy) is 1. The Kier molecular flexibility index (Phi) is 2.60. The third-order valence-electron chi connectivity index (χ3n) is 2.06. The van der Waals surface area contributed by atoms with Gasteiger partial charge in [0.05, 0.1) is 6.61 Å². The van der Waals surface area contributed by atoms with Crippen LogP contribution in [0.1, 0.15) is 33.6 Å². The van der Waals surface area contributed by atoms with E-state index in [1.165, 1.54) is 12.8 Å². The molecule has 0 aliphatic heterocycles. The van der Waals surface area contributed by atoms with E-state index < -0.39 is 0 Å². The first-order valence-electron chi connectivity index (χ1n) is 4.45. The Balaban J connectivity index is 2.10. The molecule has 1 N–H and O–H groups in total. The first kappa shape index (κ1) is 9.36. The zero-order valence-electron chi connectivity index (χ0n) is 8.02. The summed E-state index contributed by atoms with van der Waals surface area (Å²) in [5.74, 6) is 0. The van der Waals surface area contributed by atoms with Crippen LogP contribution in [0.5, 0.6) is 0 Å². The number of nitrogens with one attached hydrogen (secondary N) is 1. The molecule has 1 aliphatic carbocycles. The topological polar surface area (TPSA) is 38.3 Å². The van der Waals surface area contributed by atoms with Crippen LogP contribution in [0.25, 0.3) is 0 Å². The summed E-state index contributed by atoms with van der Waals surface area (Å²) in [5.41, 5.74) is 0.286. The largest absolute Gasteiger partial charge is 0.449 e. The fourth-order valence-corrected chi connectivity index (χ4v) is 0.875. The second-order valence-electron chi connectivity index (χ2n) is 4.19. The smallest absolute Gasteiger partial charge is 0.407 e. The molecule has 0 heterocycles. The number of hydrogen-bond acceptors (Lipinski definition) is 2. The highest BCUT2D eigenvalue weighted by atomic mass is 16.5. The maximum Gasteiger partial charge on any atom is 0.407 e. The number of rotatable bonds is 3. The minimum atomic E-state index is -0.293. The van der Waals surface area contributed by atoms with E-state index in [1.807, 2.05) is 13.8 Å². The van der Waals surface area contributed by atoms with E-state index in [-0.39, 0.29) is 17.6 Å². The molecule has 0 saturated heterocycles. The van der Waals surface area contributed by atoms with Gasteiger partial charge >= 0.3 is 6.09 Å². The summed E-state index contributed by atoms with van der Waals surface area (Å²) in [4.78, 5) is 11.0. The molecule has 0 aromatic heterocycles. The fourth-order valence-electron chi connectivity index (χ4n) is 0.875. The highest BCUT2D eigenvalue weighted by Crippen LogP contribution is 2.44. The van der Waals surface area contributed by atoms with Gasteiger partial charge in [-0.25, -0.2) is 4.79 Å². The molecular weight excluding hydrogens is 154 g/mol. The maximum atomic E-state index is 11.0. The molecule has 70 valence electrons. The zero-order chi connectivity index (χ0) is 9.19. The first-order valence-corrected chi connectivity index (χ1v) is 4.45. The molecule has 12 heavy (non-hydrogen) atoms. The molecule has 1 rings (SSSR count). The molecule has 1 aliphatic rings. The SMILES string of the molecule is CC(C)NC(=O)OCC1(C)CC1. The Morgan fingerprint density at radius 3 is 2.58 bits per heavy atom. The van der Waals surface area contributed by atoms with Gasteiger partial charge in [0, 0.05) is 11.5 Å². The summed E-state index contributed by atoms with van der Waals surface area (Å²) in [6.07, 6.45) is 2.07. The van der Waals surface area contributed by atoms with Crippen molar-refractivity contribution in [1.29, 1.82) is 0 Å². The molecule has 0 unspecified atom stereocenters. The molecule has 0 spiro atoms. The van der Waals surface area contributed by atoms with Gasteiger partial charge in [-0.05, 0) is 26.7 Å². The lowest BCUT2D eigenvalue weighted by molar-refractivity contribution is 0.122. The second-order valence-corrected chi connectivity index (χ2v) is 4.19. The van der Waals surface area contributed by atoms with Crippen molar-refractivity contribution in [1.82, 2.24) is 5.32 Å². The lowest BCUT2D eigenvalue weighted by Gasteiger charge is -2.12. The highest BCUT2D eigenvalue weighted by Gasteiger charge is 2.38. The molecular formula is C9H17NO2. The Bertz CT molecular complexity index is 173. The predicted octanol–water partition coefficient (Wildman–Crippen LogP) is 1.92. The lowest BCUT2D eigenvalue weighted by atomic mass is 10.2. The Morgan fingerprint density at radius 2 is 2.17 bits per heavy atom. The summed E-state index contributed by atoms with van der Waals surface area (Å²) in [5, 5.41) is 2.68. The van der Waals surface area contributed by atoms with Crippen LogP contribution in [-0.4, -0.2) is 18.7 Å². The summed E-state index contributed by atoms with van der Waals surface area (Å²) < 4.78 is 5.03. The molecule has 3 heteroatoms. The van der Waals surface area contributed by atoms with E-state index in [4.69, 9.17) is 4.74 Å². The summed E-state index contributed by atoms with van der Waals surface area (Å²) in [6.45, 7) is 6.53. The van der Waals surface area contributed by atoms with Gasteiger partial charge in [0.15, 0.2) is 0 Å². The Morgan fingerprint density at radius 1 is 1.58 bits per heavy atom. The molecule has 0 aromatic rings. The van der Waals surface area contributed by atoms with E-state index >= 15 is 0 Å². The van der Waals surface area contributed by atoms with Crippen molar-refractivity contribution in [2.45, 2.75) is 39.7 Å². The van der Waals surface area contributed by atoms with Crippen LogP contribution in [-0.2, 0) is 4.74 Å². The van der Waals surface area contributed by atoms with E-state index in [0.717, 1.165) is 0 Å². The third kappa shape index (κ3) is 3.11. The highest BCUT2D eigenvalue weighted by molar-refractivity contribution is 5.67. The molecule has 1 fully saturated rings. The second kappa shape index (κ2) is 3.33. The van der Waals surface area contributed by atoms with E-state index in [1.54, 1.807) is 0 Å². The maximum absolute atomic E-state index is 11.0. The van der Waals surface area contributed by atoms with Crippen molar-refractivity contribution in [3.63, 3.8) is 0 Å². The predicted molar refractivity (Wildman–Crippen MR) is 47.0 cm³/mol. The van der Waals surface area contributed by atoms with E-state index in [2.05, 4.69) is 12.2 Å². The van der Waals surface area contributed by atoms with Crippen LogP contribution >= 0.6 is 0 Å². The van der Waals surface area contributed by atoms with Crippen LogP contribution < -0.4 is 5.32 Å². The average molecular weight is 171 g/mol. The van der Waals surface area contributed by atoms with Gasteiger partial charge < -0.3 is 10.1 Å². The standard InChI is InChI=1S/C9H17NO2/c1-7(2)10-8(11)12-6-9(3)4-5-9/h7H,4-6H2,1-3H3,(H,10,11). The quantitative estimate of drug-likeness (QED) is 0.704. The third-order valence-corrected chi connectivity index (χ3v) is 2.06. The summed E-state index contributed by atoms with van der Waals surface area (Å²) >= 11 is 0. The van der Waals surface area contributed by atoms with Gasteiger partial charge in [0.1, 0.15) is 0 Å².